The number of pyridine rings is 1. The van der Waals surface area contributed by atoms with Crippen LogP contribution in [0, 0.1) is 0 Å². The van der Waals surface area contributed by atoms with Crippen molar-refractivity contribution in [2.75, 3.05) is 6.26 Å². The maximum atomic E-state index is 11.1. The lowest BCUT2D eigenvalue weighted by Crippen LogP contribution is -2.16. The lowest BCUT2D eigenvalue weighted by molar-refractivity contribution is 0.601. The van der Waals surface area contributed by atoms with Crippen molar-refractivity contribution in [3.05, 3.63) is 34.2 Å². The molecule has 4 nitrogen and oxygen atoms in total. The highest BCUT2D eigenvalue weighted by Gasteiger charge is 2.04. The Labute approximate surface area is 76.7 Å². The Bertz CT molecular complexity index is 459. The van der Waals surface area contributed by atoms with Gasteiger partial charge >= 0.3 is 0 Å². The van der Waals surface area contributed by atoms with E-state index in [0.29, 0.717) is 5.56 Å². The van der Waals surface area contributed by atoms with E-state index in [1.165, 1.54) is 10.6 Å². The van der Waals surface area contributed by atoms with E-state index in [-0.39, 0.29) is 11.3 Å². The standard InChI is InChI=1S/C8H11NO3S/c1-9-4-3-7(5-8(9)10)6-13(2,11)12/h3-5H,6H2,1-2H3. The van der Waals surface area contributed by atoms with Gasteiger partial charge in [0.25, 0.3) is 5.56 Å². The molecule has 1 aromatic heterocycles. The first-order valence-corrected chi connectivity index (χ1v) is 5.78. The Morgan fingerprint density at radius 2 is 2.08 bits per heavy atom. The molecule has 0 saturated carbocycles. The molecule has 0 atom stereocenters. The predicted molar refractivity (Wildman–Crippen MR) is 50.2 cm³/mol. The first-order valence-electron chi connectivity index (χ1n) is 3.72. The summed E-state index contributed by atoms with van der Waals surface area (Å²) in [5, 5.41) is 0. The van der Waals surface area contributed by atoms with E-state index in [2.05, 4.69) is 0 Å². The molecule has 1 aromatic rings. The molecule has 0 radical (unpaired) electrons. The summed E-state index contributed by atoms with van der Waals surface area (Å²) in [5.41, 5.74) is 0.340. The van der Waals surface area contributed by atoms with Crippen LogP contribution in [-0.4, -0.2) is 19.2 Å². The summed E-state index contributed by atoms with van der Waals surface area (Å²) < 4.78 is 23.2. The van der Waals surface area contributed by atoms with Crippen LogP contribution in [0.2, 0.25) is 0 Å². The fraction of sp³-hybridized carbons (Fsp3) is 0.375. The second kappa shape index (κ2) is 3.33. The van der Waals surface area contributed by atoms with Crippen LogP contribution in [0.25, 0.3) is 0 Å². The highest BCUT2D eigenvalue weighted by Crippen LogP contribution is 2.00. The van der Waals surface area contributed by atoms with Crippen LogP contribution < -0.4 is 5.56 Å². The van der Waals surface area contributed by atoms with Gasteiger partial charge in [-0.2, -0.15) is 0 Å². The van der Waals surface area contributed by atoms with Crippen molar-refractivity contribution >= 4 is 9.84 Å². The van der Waals surface area contributed by atoms with Gasteiger partial charge in [-0.25, -0.2) is 8.42 Å². The molecule has 0 unspecified atom stereocenters. The SMILES string of the molecule is Cn1ccc(CS(C)(=O)=O)cc1=O. The summed E-state index contributed by atoms with van der Waals surface area (Å²) in [6, 6.07) is 2.96. The van der Waals surface area contributed by atoms with E-state index in [0.717, 1.165) is 6.26 Å². The zero-order valence-electron chi connectivity index (χ0n) is 7.52. The van der Waals surface area contributed by atoms with Crippen LogP contribution in [0.1, 0.15) is 5.56 Å². The molecule has 1 rings (SSSR count). The van der Waals surface area contributed by atoms with Crippen LogP contribution in [-0.2, 0) is 22.6 Å². The number of rotatable bonds is 2. The van der Waals surface area contributed by atoms with Gasteiger partial charge in [0.05, 0.1) is 5.75 Å². The van der Waals surface area contributed by atoms with E-state index in [4.69, 9.17) is 0 Å². The Kier molecular flexibility index (Phi) is 2.56. The van der Waals surface area contributed by atoms with Crippen molar-refractivity contribution in [3.8, 4) is 0 Å². The smallest absolute Gasteiger partial charge is 0.250 e. The van der Waals surface area contributed by atoms with Crippen LogP contribution in [0.15, 0.2) is 23.1 Å². The molecule has 0 bridgehead atoms. The van der Waals surface area contributed by atoms with Gasteiger partial charge in [-0.05, 0) is 11.6 Å². The third kappa shape index (κ3) is 3.02. The number of aromatic nitrogens is 1. The lowest BCUT2D eigenvalue weighted by atomic mass is 10.3. The average Bonchev–Trinajstić information content (AvgIpc) is 1.94. The zero-order chi connectivity index (χ0) is 10.1. The molecule has 0 aliphatic carbocycles. The predicted octanol–water partition coefficient (Wildman–Crippen LogP) is -0.0701. The van der Waals surface area contributed by atoms with E-state index in [1.54, 1.807) is 19.3 Å². The van der Waals surface area contributed by atoms with Gasteiger partial charge in [-0.3, -0.25) is 4.79 Å². The van der Waals surface area contributed by atoms with Gasteiger partial charge in [0.2, 0.25) is 0 Å². The topological polar surface area (TPSA) is 56.1 Å². The maximum absolute atomic E-state index is 11.1. The van der Waals surface area contributed by atoms with Crippen LogP contribution >= 0.6 is 0 Å². The molecule has 0 spiro atoms. The number of hydrogen-bond donors (Lipinski definition) is 0. The van der Waals surface area contributed by atoms with Crippen molar-refractivity contribution in [1.82, 2.24) is 4.57 Å². The second-order valence-corrected chi connectivity index (χ2v) is 5.19. The van der Waals surface area contributed by atoms with Crippen LogP contribution in [0.5, 0.6) is 0 Å². The lowest BCUT2D eigenvalue weighted by Gasteiger charge is -2.00. The molecule has 0 fully saturated rings. The molecule has 1 heterocycles. The zero-order valence-corrected chi connectivity index (χ0v) is 8.34. The number of sulfone groups is 1. The first-order chi connectivity index (χ1) is 5.88. The molecule has 0 N–H and O–H groups in total. The van der Waals surface area contributed by atoms with E-state index >= 15 is 0 Å². The molecule has 0 aliphatic heterocycles. The average molecular weight is 201 g/mol. The Morgan fingerprint density at radius 1 is 1.46 bits per heavy atom. The molecule has 0 saturated heterocycles. The second-order valence-electron chi connectivity index (χ2n) is 3.05. The van der Waals surface area contributed by atoms with Crippen LogP contribution in [0.3, 0.4) is 0 Å². The van der Waals surface area contributed by atoms with Crippen molar-refractivity contribution < 1.29 is 8.42 Å². The molecule has 0 aliphatic rings. The minimum atomic E-state index is -3.05. The summed E-state index contributed by atoms with van der Waals surface area (Å²) in [4.78, 5) is 11.1. The highest BCUT2D eigenvalue weighted by molar-refractivity contribution is 7.89. The summed E-state index contributed by atoms with van der Waals surface area (Å²) in [6.45, 7) is 0. The number of aryl methyl sites for hydroxylation is 1. The van der Waals surface area contributed by atoms with Gasteiger partial charge < -0.3 is 4.57 Å². The molecule has 72 valence electrons. The molecule has 0 amide bonds. The van der Waals surface area contributed by atoms with E-state index in [1.807, 2.05) is 0 Å². The molecular weight excluding hydrogens is 190 g/mol. The van der Waals surface area contributed by atoms with Crippen molar-refractivity contribution in [2.45, 2.75) is 5.75 Å². The molecule has 0 aromatic carbocycles. The third-order valence-electron chi connectivity index (χ3n) is 1.60. The molecular formula is C8H11NO3S. The van der Waals surface area contributed by atoms with Gasteiger partial charge in [0, 0.05) is 25.6 Å². The summed E-state index contributed by atoms with van der Waals surface area (Å²) in [7, 11) is -1.44. The Hall–Kier alpha value is -1.10. The fourth-order valence-electron chi connectivity index (χ4n) is 0.982. The first kappa shape index (κ1) is 9.98. The van der Waals surface area contributed by atoms with Crippen molar-refractivity contribution in [1.29, 1.82) is 0 Å². The minimum Gasteiger partial charge on any atom is -0.319 e. The molecule has 5 heteroatoms. The van der Waals surface area contributed by atoms with Crippen molar-refractivity contribution in [3.63, 3.8) is 0 Å². The maximum Gasteiger partial charge on any atom is 0.250 e. The Morgan fingerprint density at radius 3 is 2.54 bits per heavy atom. The summed E-state index contributed by atoms with van der Waals surface area (Å²) >= 11 is 0. The van der Waals surface area contributed by atoms with Crippen molar-refractivity contribution in [2.24, 2.45) is 7.05 Å². The van der Waals surface area contributed by atoms with Gasteiger partial charge in [0.1, 0.15) is 0 Å². The summed E-state index contributed by atoms with van der Waals surface area (Å²) in [6.07, 6.45) is 2.70. The highest BCUT2D eigenvalue weighted by atomic mass is 32.2. The molecule has 13 heavy (non-hydrogen) atoms. The summed E-state index contributed by atoms with van der Waals surface area (Å²) in [5.74, 6) is -0.0803. The van der Waals surface area contributed by atoms with E-state index in [9.17, 15) is 13.2 Å². The Balaban J connectivity index is 3.06. The monoisotopic (exact) mass is 201 g/mol. The van der Waals surface area contributed by atoms with Gasteiger partial charge in [-0.1, -0.05) is 0 Å². The van der Waals surface area contributed by atoms with Gasteiger partial charge in [-0.15, -0.1) is 0 Å². The van der Waals surface area contributed by atoms with Crippen LogP contribution in [0.4, 0.5) is 0 Å². The van der Waals surface area contributed by atoms with Gasteiger partial charge in [0.15, 0.2) is 9.84 Å². The third-order valence-corrected chi connectivity index (χ3v) is 2.46. The fourth-order valence-corrected chi connectivity index (χ4v) is 1.77. The minimum absolute atomic E-state index is 0.0803. The number of nitrogens with zero attached hydrogens (tertiary/aromatic N) is 1. The quantitative estimate of drug-likeness (QED) is 0.673. The van der Waals surface area contributed by atoms with E-state index < -0.39 is 9.84 Å². The largest absolute Gasteiger partial charge is 0.319 e. The number of hydrogen-bond acceptors (Lipinski definition) is 3. The normalized spacial score (nSPS) is 11.5.